The number of amides is 1. The van der Waals surface area contributed by atoms with E-state index in [1.54, 1.807) is 6.92 Å². The van der Waals surface area contributed by atoms with E-state index in [9.17, 15) is 18.0 Å². The zero-order valence-corrected chi connectivity index (χ0v) is 12.0. The van der Waals surface area contributed by atoms with Gasteiger partial charge in [-0.2, -0.15) is 0 Å². The first-order valence-corrected chi connectivity index (χ1v) is 7.62. The molecule has 0 aromatic carbocycles. The van der Waals surface area contributed by atoms with Crippen LogP contribution < -0.4 is 10.0 Å². The van der Waals surface area contributed by atoms with Gasteiger partial charge in [0.2, 0.25) is 15.9 Å². The number of hydrogen-bond donors (Lipinski definition) is 3. The van der Waals surface area contributed by atoms with Crippen LogP contribution in [0.5, 0.6) is 0 Å². The number of sulfonamides is 1. The van der Waals surface area contributed by atoms with E-state index in [0.717, 1.165) is 17.4 Å². The van der Waals surface area contributed by atoms with Gasteiger partial charge in [0, 0.05) is 24.9 Å². The number of aryl methyl sites for hydroxylation is 1. The highest BCUT2D eigenvalue weighted by Gasteiger charge is 2.21. The van der Waals surface area contributed by atoms with Gasteiger partial charge in [-0.05, 0) is 13.0 Å². The van der Waals surface area contributed by atoms with Gasteiger partial charge in [0.15, 0.2) is 0 Å². The van der Waals surface area contributed by atoms with Gasteiger partial charge in [-0.3, -0.25) is 4.79 Å². The van der Waals surface area contributed by atoms with Crippen molar-refractivity contribution in [2.24, 2.45) is 0 Å². The quantitative estimate of drug-likeness (QED) is 0.648. The summed E-state index contributed by atoms with van der Waals surface area (Å²) >= 11 is 0.905. The van der Waals surface area contributed by atoms with Crippen LogP contribution in [0.3, 0.4) is 0 Å². The van der Waals surface area contributed by atoms with Crippen LogP contribution in [-0.4, -0.2) is 38.5 Å². The third kappa shape index (κ3) is 4.30. The summed E-state index contributed by atoms with van der Waals surface area (Å²) < 4.78 is 26.1. The van der Waals surface area contributed by atoms with Crippen LogP contribution >= 0.6 is 11.3 Å². The molecule has 0 saturated heterocycles. The number of carbonyl (C=O) groups excluding carboxylic acids is 1. The van der Waals surface area contributed by atoms with Gasteiger partial charge in [-0.1, -0.05) is 0 Å². The van der Waals surface area contributed by atoms with E-state index in [0.29, 0.717) is 4.88 Å². The standard InChI is InChI=1S/C10H14N2O5S2/c1-6-9(5-8(18-6)10(14)15)19(16,17)12-4-3-11-7(2)13/h5,12H,3-4H2,1-2H3,(H,11,13)(H,14,15). The minimum absolute atomic E-state index is 0.0280. The third-order valence-corrected chi connectivity index (χ3v) is 4.92. The van der Waals surface area contributed by atoms with Crippen molar-refractivity contribution in [1.29, 1.82) is 0 Å². The lowest BCUT2D eigenvalue weighted by molar-refractivity contribution is -0.118. The van der Waals surface area contributed by atoms with E-state index >= 15 is 0 Å². The number of nitrogens with one attached hydrogen (secondary N) is 2. The lowest BCUT2D eigenvalue weighted by Gasteiger charge is -2.06. The van der Waals surface area contributed by atoms with Crippen LogP contribution in [-0.2, 0) is 14.8 Å². The SMILES string of the molecule is CC(=O)NCCNS(=O)(=O)c1cc(C(=O)O)sc1C. The fourth-order valence-electron chi connectivity index (χ4n) is 1.34. The second kappa shape index (κ2) is 6.13. The van der Waals surface area contributed by atoms with Gasteiger partial charge < -0.3 is 10.4 Å². The summed E-state index contributed by atoms with van der Waals surface area (Å²) in [6, 6.07) is 1.13. The second-order valence-corrected chi connectivity index (χ2v) is 6.71. The van der Waals surface area contributed by atoms with Gasteiger partial charge in [0.1, 0.15) is 4.88 Å². The van der Waals surface area contributed by atoms with Crippen molar-refractivity contribution in [2.75, 3.05) is 13.1 Å². The Labute approximate surface area is 114 Å². The summed E-state index contributed by atoms with van der Waals surface area (Å²) in [7, 11) is -3.76. The van der Waals surface area contributed by atoms with E-state index in [2.05, 4.69) is 10.0 Å². The summed E-state index contributed by atoms with van der Waals surface area (Å²) in [5, 5.41) is 11.3. The minimum atomic E-state index is -3.76. The Balaban J connectivity index is 2.77. The first-order valence-electron chi connectivity index (χ1n) is 5.32. The van der Waals surface area contributed by atoms with Crippen LogP contribution in [0.4, 0.5) is 0 Å². The molecule has 0 spiro atoms. The molecule has 0 unspecified atom stereocenters. The minimum Gasteiger partial charge on any atom is -0.477 e. The van der Waals surface area contributed by atoms with Gasteiger partial charge in [-0.25, -0.2) is 17.9 Å². The Morgan fingerprint density at radius 2 is 2.00 bits per heavy atom. The molecule has 19 heavy (non-hydrogen) atoms. The molecule has 9 heteroatoms. The molecule has 0 fully saturated rings. The number of hydrogen-bond acceptors (Lipinski definition) is 5. The maximum atomic E-state index is 11.9. The number of aromatic carboxylic acids is 1. The maximum Gasteiger partial charge on any atom is 0.345 e. The van der Waals surface area contributed by atoms with Crippen molar-refractivity contribution in [3.63, 3.8) is 0 Å². The number of carbonyl (C=O) groups is 2. The Kier molecular flexibility index (Phi) is 5.04. The average molecular weight is 306 g/mol. The summed E-state index contributed by atoms with van der Waals surface area (Å²) in [4.78, 5) is 21.7. The zero-order chi connectivity index (χ0) is 14.6. The molecule has 3 N–H and O–H groups in total. The summed E-state index contributed by atoms with van der Waals surface area (Å²) in [6.45, 7) is 3.08. The second-order valence-electron chi connectivity index (χ2n) is 3.72. The predicted molar refractivity (Wildman–Crippen MR) is 69.9 cm³/mol. The highest BCUT2D eigenvalue weighted by molar-refractivity contribution is 7.89. The molecule has 7 nitrogen and oxygen atoms in total. The molecule has 1 rings (SSSR count). The van der Waals surface area contributed by atoms with E-state index < -0.39 is 16.0 Å². The van der Waals surface area contributed by atoms with Crippen molar-refractivity contribution in [1.82, 2.24) is 10.0 Å². The molecule has 0 saturated carbocycles. The van der Waals surface area contributed by atoms with Gasteiger partial charge in [0.05, 0.1) is 4.90 Å². The van der Waals surface area contributed by atoms with Crippen LogP contribution in [0.25, 0.3) is 0 Å². The maximum absolute atomic E-state index is 11.9. The Morgan fingerprint density at radius 1 is 1.37 bits per heavy atom. The van der Waals surface area contributed by atoms with Crippen LogP contribution in [0.15, 0.2) is 11.0 Å². The van der Waals surface area contributed by atoms with E-state index in [-0.39, 0.29) is 28.8 Å². The molecule has 106 valence electrons. The molecular formula is C10H14N2O5S2. The molecule has 0 atom stereocenters. The summed E-state index contributed by atoms with van der Waals surface area (Å²) in [5.74, 6) is -1.41. The predicted octanol–water partition coefficient (Wildman–Crippen LogP) is 0.169. The van der Waals surface area contributed by atoms with Crippen molar-refractivity contribution < 1.29 is 23.1 Å². The summed E-state index contributed by atoms with van der Waals surface area (Å²) in [5.41, 5.74) is 0. The molecule has 1 amide bonds. The van der Waals surface area contributed by atoms with Gasteiger partial charge >= 0.3 is 5.97 Å². The van der Waals surface area contributed by atoms with Crippen molar-refractivity contribution in [2.45, 2.75) is 18.7 Å². The van der Waals surface area contributed by atoms with Crippen molar-refractivity contribution in [3.8, 4) is 0 Å². The highest BCUT2D eigenvalue weighted by Crippen LogP contribution is 2.25. The molecule has 0 bridgehead atoms. The Hall–Kier alpha value is -1.45. The molecule has 1 aromatic rings. The number of thiophene rings is 1. The third-order valence-electron chi connectivity index (χ3n) is 2.16. The molecule has 1 aromatic heterocycles. The largest absolute Gasteiger partial charge is 0.477 e. The Morgan fingerprint density at radius 3 is 2.47 bits per heavy atom. The van der Waals surface area contributed by atoms with Crippen molar-refractivity contribution >= 4 is 33.2 Å². The monoisotopic (exact) mass is 306 g/mol. The van der Waals surface area contributed by atoms with Crippen molar-refractivity contribution in [3.05, 3.63) is 15.8 Å². The van der Waals surface area contributed by atoms with E-state index in [4.69, 9.17) is 5.11 Å². The highest BCUT2D eigenvalue weighted by atomic mass is 32.2. The molecule has 0 aliphatic carbocycles. The Bertz CT molecular complexity index is 591. The normalized spacial score (nSPS) is 11.3. The zero-order valence-electron chi connectivity index (χ0n) is 10.4. The number of carboxylic acid groups (broad SMARTS) is 1. The molecule has 1 heterocycles. The molecule has 0 aliphatic rings. The van der Waals surface area contributed by atoms with Crippen LogP contribution in [0.1, 0.15) is 21.5 Å². The van der Waals surface area contributed by atoms with Crippen LogP contribution in [0.2, 0.25) is 0 Å². The summed E-state index contributed by atoms with van der Waals surface area (Å²) in [6.07, 6.45) is 0. The average Bonchev–Trinajstić information content (AvgIpc) is 2.67. The lowest BCUT2D eigenvalue weighted by Crippen LogP contribution is -2.33. The number of rotatable bonds is 6. The fourth-order valence-corrected chi connectivity index (χ4v) is 3.80. The van der Waals surface area contributed by atoms with E-state index in [1.165, 1.54) is 6.92 Å². The smallest absolute Gasteiger partial charge is 0.345 e. The van der Waals surface area contributed by atoms with Gasteiger partial charge in [0.25, 0.3) is 0 Å². The first kappa shape index (κ1) is 15.6. The van der Waals surface area contributed by atoms with E-state index in [1.807, 2.05) is 0 Å². The lowest BCUT2D eigenvalue weighted by atomic mass is 10.4. The fraction of sp³-hybridized carbons (Fsp3) is 0.400. The first-order chi connectivity index (χ1) is 8.74. The van der Waals surface area contributed by atoms with Gasteiger partial charge in [-0.15, -0.1) is 11.3 Å². The molecule has 0 radical (unpaired) electrons. The number of carboxylic acids is 1. The molecule has 0 aliphatic heterocycles. The molecular weight excluding hydrogens is 292 g/mol. The van der Waals surface area contributed by atoms with Crippen LogP contribution in [0, 0.1) is 6.92 Å². The topological polar surface area (TPSA) is 113 Å².